The highest BCUT2D eigenvalue weighted by atomic mass is 16.6. The zero-order chi connectivity index (χ0) is 21.5. The van der Waals surface area contributed by atoms with Gasteiger partial charge in [0.2, 0.25) is 0 Å². The summed E-state index contributed by atoms with van der Waals surface area (Å²) in [5.41, 5.74) is 0.159. The minimum Gasteiger partial charge on any atom is -0.488 e. The number of carboxylic acids is 1. The Morgan fingerprint density at radius 1 is 1.00 bits per heavy atom. The third-order valence-corrected chi connectivity index (χ3v) is 4.46. The van der Waals surface area contributed by atoms with Crippen LogP contribution in [0.25, 0.3) is 21.5 Å². The first-order valence-electron chi connectivity index (χ1n) is 9.36. The number of carbonyl (C=O) groups excluding carboxylic acids is 1. The van der Waals surface area contributed by atoms with E-state index in [1.807, 2.05) is 30.3 Å². The van der Waals surface area contributed by atoms with Crippen molar-refractivity contribution in [3.8, 4) is 5.75 Å². The molecule has 0 amide bonds. The molecule has 0 aliphatic rings. The van der Waals surface area contributed by atoms with Crippen LogP contribution in [0.2, 0.25) is 0 Å². The lowest BCUT2D eigenvalue weighted by Crippen LogP contribution is -2.29. The molecule has 6 nitrogen and oxygen atoms in total. The first kappa shape index (κ1) is 21.1. The average molecular weight is 406 g/mol. The first-order valence-corrected chi connectivity index (χ1v) is 9.36. The van der Waals surface area contributed by atoms with Crippen molar-refractivity contribution in [2.75, 3.05) is 19.8 Å². The number of rotatable bonds is 10. The third-order valence-electron chi connectivity index (χ3n) is 4.46. The summed E-state index contributed by atoms with van der Waals surface area (Å²) in [5.74, 6) is -1.08. The van der Waals surface area contributed by atoms with E-state index >= 15 is 0 Å². The molecule has 0 aliphatic heterocycles. The van der Waals surface area contributed by atoms with Gasteiger partial charge in [-0.25, -0.2) is 9.59 Å². The maximum absolute atomic E-state index is 11.7. The van der Waals surface area contributed by atoms with Gasteiger partial charge in [0.05, 0.1) is 18.8 Å². The molecule has 154 valence electrons. The van der Waals surface area contributed by atoms with E-state index in [0.29, 0.717) is 17.7 Å². The Morgan fingerprint density at radius 2 is 1.77 bits per heavy atom. The third kappa shape index (κ3) is 4.85. The van der Waals surface area contributed by atoms with Gasteiger partial charge in [-0.1, -0.05) is 43.0 Å². The number of carbonyl (C=O) groups is 2. The summed E-state index contributed by atoms with van der Waals surface area (Å²) in [6.07, 6.45) is 2.00. The average Bonchev–Trinajstić information content (AvgIpc) is 2.75. The van der Waals surface area contributed by atoms with Crippen molar-refractivity contribution in [1.82, 2.24) is 0 Å². The molecule has 3 rings (SSSR count). The number of benzene rings is 3. The Kier molecular flexibility index (Phi) is 6.83. The minimum atomic E-state index is -1.02. The van der Waals surface area contributed by atoms with Crippen LogP contribution in [0.4, 0.5) is 0 Å². The van der Waals surface area contributed by atoms with Crippen LogP contribution < -0.4 is 4.74 Å². The van der Waals surface area contributed by atoms with Crippen molar-refractivity contribution in [3.05, 3.63) is 79.4 Å². The predicted octanol–water partition coefficient (Wildman–Crippen LogP) is 4.37. The van der Waals surface area contributed by atoms with Gasteiger partial charge in [0.25, 0.3) is 0 Å². The number of hydrogen-bond acceptors (Lipinski definition) is 5. The van der Waals surface area contributed by atoms with Crippen LogP contribution in [-0.4, -0.2) is 43.0 Å². The largest absolute Gasteiger partial charge is 0.488 e. The van der Waals surface area contributed by atoms with E-state index < -0.39 is 18.0 Å². The summed E-state index contributed by atoms with van der Waals surface area (Å²) in [5, 5.41) is 12.7. The highest BCUT2D eigenvalue weighted by molar-refractivity contribution is 6.07. The number of aromatic carboxylic acids is 1. The van der Waals surface area contributed by atoms with E-state index in [4.69, 9.17) is 14.2 Å². The Labute approximate surface area is 174 Å². The van der Waals surface area contributed by atoms with E-state index in [0.717, 1.165) is 22.2 Å². The molecule has 1 N–H and O–H groups in total. The van der Waals surface area contributed by atoms with Gasteiger partial charge in [0.1, 0.15) is 12.4 Å². The van der Waals surface area contributed by atoms with Crippen LogP contribution in [0.15, 0.2) is 73.8 Å². The molecule has 0 aromatic heterocycles. The summed E-state index contributed by atoms with van der Waals surface area (Å²) < 4.78 is 16.8. The standard InChI is InChI=1S/C24H22O6/c1-3-11-28-14-19(30-22(25)4-2)15-29-23-20-8-6-5-7-16(20)12-17-9-10-18(24(26)27)13-21(17)23/h3-10,12-13,19H,1-2,11,14-15H2,(H,26,27). The topological polar surface area (TPSA) is 82.1 Å². The fraction of sp³-hybridized carbons (Fsp3) is 0.167. The zero-order valence-corrected chi connectivity index (χ0v) is 16.4. The molecule has 0 heterocycles. The minimum absolute atomic E-state index is 0.0249. The van der Waals surface area contributed by atoms with Crippen molar-refractivity contribution in [3.63, 3.8) is 0 Å². The molecule has 1 unspecified atom stereocenters. The van der Waals surface area contributed by atoms with Gasteiger partial charge in [-0.05, 0) is 29.0 Å². The Bertz CT molecular complexity index is 1100. The fourth-order valence-corrected chi connectivity index (χ4v) is 3.10. The van der Waals surface area contributed by atoms with E-state index in [2.05, 4.69) is 13.2 Å². The van der Waals surface area contributed by atoms with Crippen molar-refractivity contribution in [2.24, 2.45) is 0 Å². The Hall–Kier alpha value is -3.64. The van der Waals surface area contributed by atoms with Crippen LogP contribution in [-0.2, 0) is 14.3 Å². The van der Waals surface area contributed by atoms with Crippen molar-refractivity contribution >= 4 is 33.5 Å². The van der Waals surface area contributed by atoms with Crippen LogP contribution in [0.1, 0.15) is 10.4 Å². The number of hydrogen-bond donors (Lipinski definition) is 1. The lowest BCUT2D eigenvalue weighted by molar-refractivity contribution is -0.147. The number of carboxylic acid groups (broad SMARTS) is 1. The second-order valence-corrected chi connectivity index (χ2v) is 6.57. The smallest absolute Gasteiger partial charge is 0.335 e. The molecule has 0 saturated carbocycles. The van der Waals surface area contributed by atoms with Crippen molar-refractivity contribution in [2.45, 2.75) is 6.10 Å². The predicted molar refractivity (Wildman–Crippen MR) is 115 cm³/mol. The molecular formula is C24H22O6. The molecular weight excluding hydrogens is 384 g/mol. The van der Waals surface area contributed by atoms with Gasteiger partial charge in [-0.3, -0.25) is 0 Å². The molecule has 0 bridgehead atoms. The fourth-order valence-electron chi connectivity index (χ4n) is 3.10. The molecule has 0 saturated heterocycles. The van der Waals surface area contributed by atoms with Crippen molar-refractivity contribution in [1.29, 1.82) is 0 Å². The monoisotopic (exact) mass is 406 g/mol. The number of esters is 1. The number of fused-ring (bicyclic) bond motifs is 2. The van der Waals surface area contributed by atoms with Crippen LogP contribution >= 0.6 is 0 Å². The van der Waals surface area contributed by atoms with Gasteiger partial charge in [-0.15, -0.1) is 6.58 Å². The molecule has 0 aliphatic carbocycles. The Balaban J connectivity index is 1.99. The molecule has 0 fully saturated rings. The van der Waals surface area contributed by atoms with Gasteiger partial charge in [-0.2, -0.15) is 0 Å². The van der Waals surface area contributed by atoms with Gasteiger partial charge in [0.15, 0.2) is 6.10 Å². The summed E-state index contributed by atoms with van der Waals surface area (Å²) in [6.45, 7) is 7.45. The van der Waals surface area contributed by atoms with Gasteiger partial charge >= 0.3 is 11.9 Å². The Morgan fingerprint density at radius 3 is 2.50 bits per heavy atom. The maximum atomic E-state index is 11.7. The molecule has 3 aromatic carbocycles. The van der Waals surface area contributed by atoms with Gasteiger partial charge in [0, 0.05) is 16.8 Å². The lowest BCUT2D eigenvalue weighted by Gasteiger charge is -2.19. The second-order valence-electron chi connectivity index (χ2n) is 6.57. The van der Waals surface area contributed by atoms with E-state index in [9.17, 15) is 14.7 Å². The van der Waals surface area contributed by atoms with Gasteiger partial charge < -0.3 is 19.3 Å². The SMILES string of the molecule is C=CCOCC(COc1c2ccccc2cc2ccc(C(=O)O)cc12)OC(=O)C=C. The highest BCUT2D eigenvalue weighted by Crippen LogP contribution is 2.35. The summed E-state index contributed by atoms with van der Waals surface area (Å²) in [7, 11) is 0. The van der Waals surface area contributed by atoms with E-state index in [-0.39, 0.29) is 18.8 Å². The lowest BCUT2D eigenvalue weighted by atomic mass is 10.00. The molecule has 30 heavy (non-hydrogen) atoms. The van der Waals surface area contributed by atoms with Crippen LogP contribution in [0, 0.1) is 0 Å². The van der Waals surface area contributed by atoms with E-state index in [1.165, 1.54) is 0 Å². The summed E-state index contributed by atoms with van der Waals surface area (Å²) >= 11 is 0. The summed E-state index contributed by atoms with van der Waals surface area (Å²) in [6, 6.07) is 14.5. The quantitative estimate of drug-likeness (QED) is 0.177. The van der Waals surface area contributed by atoms with Crippen LogP contribution in [0.3, 0.4) is 0 Å². The number of ether oxygens (including phenoxy) is 3. The molecule has 0 spiro atoms. The summed E-state index contributed by atoms with van der Waals surface area (Å²) in [4.78, 5) is 23.1. The van der Waals surface area contributed by atoms with E-state index in [1.54, 1.807) is 24.3 Å². The molecule has 6 heteroatoms. The molecule has 0 radical (unpaired) electrons. The van der Waals surface area contributed by atoms with Crippen molar-refractivity contribution < 1.29 is 28.9 Å². The maximum Gasteiger partial charge on any atom is 0.335 e. The molecule has 1 atom stereocenters. The second kappa shape index (κ2) is 9.71. The highest BCUT2D eigenvalue weighted by Gasteiger charge is 2.17. The zero-order valence-electron chi connectivity index (χ0n) is 16.4. The normalized spacial score (nSPS) is 11.7. The van der Waals surface area contributed by atoms with Crippen LogP contribution in [0.5, 0.6) is 5.75 Å². The molecule has 3 aromatic rings. The first-order chi connectivity index (χ1) is 14.5.